The lowest BCUT2D eigenvalue weighted by molar-refractivity contribution is -0.140. The van der Waals surface area contributed by atoms with Crippen LogP contribution in [0.4, 0.5) is 0 Å². The van der Waals surface area contributed by atoms with Gasteiger partial charge in [0.1, 0.15) is 6.04 Å². The topological polar surface area (TPSA) is 49.4 Å². The van der Waals surface area contributed by atoms with Gasteiger partial charge in [0.05, 0.1) is 0 Å². The number of likely N-dealkylation sites (N-methyl/N-ethyl adjacent to an activating group) is 1. The molecule has 2 amide bonds. The Hall–Kier alpha value is -2.14. The second-order valence-electron chi connectivity index (χ2n) is 6.43. The maximum absolute atomic E-state index is 12.9. The Morgan fingerprint density at radius 1 is 1.12 bits per heavy atom. The van der Waals surface area contributed by atoms with Crippen molar-refractivity contribution in [3.8, 4) is 0 Å². The summed E-state index contributed by atoms with van der Waals surface area (Å²) in [6, 6.07) is 15.5. The molecule has 138 valence electrons. The Balaban J connectivity index is 2.12. The van der Waals surface area contributed by atoms with Crippen LogP contribution in [-0.4, -0.2) is 29.8 Å². The number of carbonyl (C=O) groups excluding carboxylic acids is 2. The third-order valence-corrected chi connectivity index (χ3v) is 4.90. The molecule has 0 heterocycles. The molecule has 0 spiro atoms. The van der Waals surface area contributed by atoms with E-state index in [0.29, 0.717) is 19.4 Å². The third kappa shape index (κ3) is 5.70. The van der Waals surface area contributed by atoms with Crippen molar-refractivity contribution in [2.75, 3.05) is 7.05 Å². The summed E-state index contributed by atoms with van der Waals surface area (Å²) in [7, 11) is 1.59. The van der Waals surface area contributed by atoms with Gasteiger partial charge in [-0.15, -0.1) is 0 Å². The van der Waals surface area contributed by atoms with Crippen molar-refractivity contribution in [3.63, 3.8) is 0 Å². The third-order valence-electron chi connectivity index (χ3n) is 4.40. The van der Waals surface area contributed by atoms with Crippen molar-refractivity contribution in [2.45, 2.75) is 39.3 Å². The molecule has 1 N–H and O–H groups in total. The summed E-state index contributed by atoms with van der Waals surface area (Å²) >= 11 is 3.45. The molecule has 0 saturated carbocycles. The number of hydrogen-bond donors (Lipinski definition) is 1. The molecule has 4 nitrogen and oxygen atoms in total. The summed E-state index contributed by atoms with van der Waals surface area (Å²) < 4.78 is 0.953. The molecular weight excluding hydrogens is 392 g/mol. The predicted octanol–water partition coefficient (Wildman–Crippen LogP) is 3.85. The molecule has 0 fully saturated rings. The number of benzene rings is 2. The van der Waals surface area contributed by atoms with Gasteiger partial charge in [-0.25, -0.2) is 0 Å². The number of halogens is 1. The average molecular weight is 417 g/mol. The molecule has 0 unspecified atom stereocenters. The molecule has 0 aliphatic carbocycles. The molecule has 2 aromatic carbocycles. The van der Waals surface area contributed by atoms with Gasteiger partial charge >= 0.3 is 0 Å². The number of nitrogens with one attached hydrogen (secondary N) is 1. The first kappa shape index (κ1) is 20.2. The van der Waals surface area contributed by atoms with Gasteiger partial charge in [0.2, 0.25) is 11.8 Å². The van der Waals surface area contributed by atoms with Crippen LogP contribution in [0.25, 0.3) is 0 Å². The maximum Gasteiger partial charge on any atom is 0.242 e. The zero-order valence-corrected chi connectivity index (χ0v) is 17.0. The minimum Gasteiger partial charge on any atom is -0.357 e. The number of carbonyl (C=O) groups is 2. The van der Waals surface area contributed by atoms with Crippen molar-refractivity contribution in [2.24, 2.45) is 0 Å². The average Bonchev–Trinajstić information content (AvgIpc) is 2.64. The Morgan fingerprint density at radius 2 is 1.81 bits per heavy atom. The molecule has 0 aromatic heterocycles. The standard InChI is InChI=1S/C21H25BrN2O2/c1-15-7-9-17(10-8-15)11-12-20(25)24(16(2)21(26)23-3)14-18-5-4-6-19(22)13-18/h4-10,13,16H,11-12,14H2,1-3H3,(H,23,26)/t16-/m1/s1. The van der Waals surface area contributed by atoms with Crippen LogP contribution < -0.4 is 5.32 Å². The SMILES string of the molecule is CNC(=O)[C@@H](C)N(Cc1cccc(Br)c1)C(=O)CCc1ccc(C)cc1. The van der Waals surface area contributed by atoms with Gasteiger partial charge in [0, 0.05) is 24.5 Å². The van der Waals surface area contributed by atoms with Crippen LogP contribution >= 0.6 is 15.9 Å². The Kier molecular flexibility index (Phi) is 7.39. The summed E-state index contributed by atoms with van der Waals surface area (Å²) in [6.07, 6.45) is 1.03. The molecule has 26 heavy (non-hydrogen) atoms. The summed E-state index contributed by atoms with van der Waals surface area (Å²) in [4.78, 5) is 26.6. The van der Waals surface area contributed by atoms with E-state index >= 15 is 0 Å². The molecule has 1 atom stereocenters. The van der Waals surface area contributed by atoms with Crippen molar-refractivity contribution in [1.29, 1.82) is 0 Å². The Bertz CT molecular complexity index is 759. The highest BCUT2D eigenvalue weighted by Gasteiger charge is 2.25. The fraction of sp³-hybridized carbons (Fsp3) is 0.333. The second-order valence-corrected chi connectivity index (χ2v) is 7.34. The van der Waals surface area contributed by atoms with E-state index in [9.17, 15) is 9.59 Å². The van der Waals surface area contributed by atoms with Gasteiger partial charge in [-0.2, -0.15) is 0 Å². The molecule has 5 heteroatoms. The Morgan fingerprint density at radius 3 is 2.42 bits per heavy atom. The van der Waals surface area contributed by atoms with Crippen LogP contribution in [0.1, 0.15) is 30.0 Å². The normalized spacial score (nSPS) is 11.7. The van der Waals surface area contributed by atoms with E-state index in [2.05, 4.69) is 21.2 Å². The zero-order chi connectivity index (χ0) is 19.1. The molecule has 0 aliphatic rings. The molecule has 2 aromatic rings. The minimum atomic E-state index is -0.524. The Labute approximate surface area is 163 Å². The minimum absolute atomic E-state index is 0.0262. The van der Waals surface area contributed by atoms with E-state index < -0.39 is 6.04 Å². The largest absolute Gasteiger partial charge is 0.357 e. The lowest BCUT2D eigenvalue weighted by Gasteiger charge is -2.28. The summed E-state index contributed by atoms with van der Waals surface area (Å²) in [5.74, 6) is -0.190. The van der Waals surface area contributed by atoms with Gasteiger partial charge in [-0.05, 0) is 43.5 Å². The van der Waals surface area contributed by atoms with E-state index in [1.807, 2.05) is 55.5 Å². The van der Waals surface area contributed by atoms with Crippen LogP contribution in [0.2, 0.25) is 0 Å². The van der Waals surface area contributed by atoms with Gasteiger partial charge in [0.25, 0.3) is 0 Å². The molecule has 0 saturated heterocycles. The highest BCUT2D eigenvalue weighted by Crippen LogP contribution is 2.17. The zero-order valence-electron chi connectivity index (χ0n) is 15.5. The molecule has 0 bridgehead atoms. The number of rotatable bonds is 7. The van der Waals surface area contributed by atoms with E-state index in [1.165, 1.54) is 5.56 Å². The maximum atomic E-state index is 12.9. The number of nitrogens with zero attached hydrogens (tertiary/aromatic N) is 1. The van der Waals surface area contributed by atoms with Gasteiger partial charge in [-0.1, -0.05) is 57.9 Å². The lowest BCUT2D eigenvalue weighted by Crippen LogP contribution is -2.46. The van der Waals surface area contributed by atoms with Crippen molar-refractivity contribution in [1.82, 2.24) is 10.2 Å². The summed E-state index contributed by atoms with van der Waals surface area (Å²) in [6.45, 7) is 4.21. The van der Waals surface area contributed by atoms with Crippen molar-refractivity contribution >= 4 is 27.7 Å². The van der Waals surface area contributed by atoms with E-state index in [0.717, 1.165) is 15.6 Å². The highest BCUT2D eigenvalue weighted by molar-refractivity contribution is 9.10. The first-order valence-electron chi connectivity index (χ1n) is 8.71. The van der Waals surface area contributed by atoms with Gasteiger partial charge in [0.15, 0.2) is 0 Å². The molecule has 0 radical (unpaired) electrons. The summed E-state index contributed by atoms with van der Waals surface area (Å²) in [5.41, 5.74) is 3.31. The molecule has 2 rings (SSSR count). The fourth-order valence-electron chi connectivity index (χ4n) is 2.77. The molecule has 0 aliphatic heterocycles. The highest BCUT2D eigenvalue weighted by atomic mass is 79.9. The predicted molar refractivity (Wildman–Crippen MR) is 108 cm³/mol. The van der Waals surface area contributed by atoms with Crippen LogP contribution in [0.15, 0.2) is 53.0 Å². The van der Waals surface area contributed by atoms with E-state index in [-0.39, 0.29) is 11.8 Å². The quantitative estimate of drug-likeness (QED) is 0.744. The van der Waals surface area contributed by atoms with Gasteiger partial charge < -0.3 is 10.2 Å². The number of amides is 2. The summed E-state index contributed by atoms with van der Waals surface area (Å²) in [5, 5.41) is 2.64. The van der Waals surface area contributed by atoms with Gasteiger partial charge in [-0.3, -0.25) is 9.59 Å². The van der Waals surface area contributed by atoms with E-state index in [4.69, 9.17) is 0 Å². The monoisotopic (exact) mass is 416 g/mol. The van der Waals surface area contributed by atoms with Crippen LogP contribution in [-0.2, 0) is 22.6 Å². The smallest absolute Gasteiger partial charge is 0.242 e. The first-order valence-corrected chi connectivity index (χ1v) is 9.51. The number of aryl methyl sites for hydroxylation is 2. The van der Waals surface area contributed by atoms with Crippen LogP contribution in [0.3, 0.4) is 0 Å². The van der Waals surface area contributed by atoms with Crippen molar-refractivity contribution < 1.29 is 9.59 Å². The molecular formula is C21H25BrN2O2. The fourth-order valence-corrected chi connectivity index (χ4v) is 3.22. The lowest BCUT2D eigenvalue weighted by atomic mass is 10.1. The van der Waals surface area contributed by atoms with Crippen molar-refractivity contribution in [3.05, 3.63) is 69.7 Å². The van der Waals surface area contributed by atoms with Crippen LogP contribution in [0.5, 0.6) is 0 Å². The van der Waals surface area contributed by atoms with E-state index in [1.54, 1.807) is 18.9 Å². The first-order chi connectivity index (χ1) is 12.4. The van der Waals surface area contributed by atoms with Crippen LogP contribution in [0, 0.1) is 6.92 Å². The second kappa shape index (κ2) is 9.53. The number of hydrogen-bond acceptors (Lipinski definition) is 2.